The van der Waals surface area contributed by atoms with E-state index in [0.29, 0.717) is 29.9 Å². The Morgan fingerprint density at radius 1 is 1.03 bits per heavy atom. The van der Waals surface area contributed by atoms with Crippen LogP contribution in [0.25, 0.3) is 0 Å². The van der Waals surface area contributed by atoms with Crippen LogP contribution in [0.15, 0.2) is 24.3 Å². The first kappa shape index (κ1) is 20.3. The highest BCUT2D eigenvalue weighted by Crippen LogP contribution is 2.55. The van der Waals surface area contributed by atoms with Crippen LogP contribution in [0, 0.1) is 34.5 Å². The SMILES string of the molecule is N#Cc1ccc(OC[C@@H](O)CN2CC3CN(CC4CC4)CC(C2)C32CCCC2)cc1. The second kappa shape index (κ2) is 8.49. The molecule has 2 unspecified atom stereocenters. The van der Waals surface area contributed by atoms with Crippen LogP contribution in [0.2, 0.25) is 0 Å². The molecule has 2 bridgehead atoms. The summed E-state index contributed by atoms with van der Waals surface area (Å²) in [7, 11) is 0. The maximum absolute atomic E-state index is 10.6. The van der Waals surface area contributed by atoms with Crippen molar-refractivity contribution in [3.8, 4) is 11.8 Å². The first-order chi connectivity index (χ1) is 14.6. The third-order valence-corrected chi connectivity index (χ3v) is 8.18. The number of benzene rings is 1. The minimum atomic E-state index is -0.485. The van der Waals surface area contributed by atoms with Crippen LogP contribution < -0.4 is 4.74 Å². The van der Waals surface area contributed by atoms with Gasteiger partial charge in [0.05, 0.1) is 11.6 Å². The summed E-state index contributed by atoms with van der Waals surface area (Å²) in [6.45, 7) is 7.11. The summed E-state index contributed by atoms with van der Waals surface area (Å²) in [6.07, 6.45) is 8.08. The van der Waals surface area contributed by atoms with E-state index < -0.39 is 6.10 Å². The molecule has 0 radical (unpaired) electrons. The maximum Gasteiger partial charge on any atom is 0.119 e. The first-order valence-corrected chi connectivity index (χ1v) is 11.9. The van der Waals surface area contributed by atoms with Crippen molar-refractivity contribution in [1.29, 1.82) is 5.26 Å². The number of β-amino-alcohol motifs (C(OH)–C–C–N with tert-alkyl or cyclic N) is 1. The lowest BCUT2D eigenvalue weighted by molar-refractivity contribution is -0.0976. The van der Waals surface area contributed by atoms with E-state index >= 15 is 0 Å². The zero-order valence-electron chi connectivity index (χ0n) is 18.0. The molecule has 1 N–H and O–H groups in total. The van der Waals surface area contributed by atoms with Gasteiger partial charge in [0.15, 0.2) is 0 Å². The molecule has 2 heterocycles. The monoisotopic (exact) mass is 409 g/mol. The average Bonchev–Trinajstić information content (AvgIpc) is 3.42. The van der Waals surface area contributed by atoms with Crippen LogP contribution in [-0.2, 0) is 0 Å². The van der Waals surface area contributed by atoms with Crippen molar-refractivity contribution in [2.24, 2.45) is 23.2 Å². The first-order valence-electron chi connectivity index (χ1n) is 11.9. The number of hydrogen-bond donors (Lipinski definition) is 1. The number of aliphatic hydroxyl groups is 1. The predicted molar refractivity (Wildman–Crippen MR) is 116 cm³/mol. The van der Waals surface area contributed by atoms with Crippen LogP contribution in [0.3, 0.4) is 0 Å². The summed E-state index contributed by atoms with van der Waals surface area (Å²) < 4.78 is 5.77. The molecular weight excluding hydrogens is 374 g/mol. The van der Waals surface area contributed by atoms with Gasteiger partial charge < -0.3 is 14.7 Å². The van der Waals surface area contributed by atoms with Crippen molar-refractivity contribution in [1.82, 2.24) is 9.80 Å². The highest BCUT2D eigenvalue weighted by Gasteiger charge is 2.54. The van der Waals surface area contributed by atoms with Crippen molar-refractivity contribution in [3.63, 3.8) is 0 Å². The fraction of sp³-hybridized carbons (Fsp3) is 0.720. The van der Waals surface area contributed by atoms with Gasteiger partial charge >= 0.3 is 0 Å². The standard InChI is InChI=1S/C25H35N3O2/c26-11-19-5-7-24(8-6-19)30-18-23(29)17-28-15-21-13-27(12-20-3-4-20)14-22(16-28)25(21)9-1-2-10-25/h5-8,20-23,29H,1-4,9-10,12-18H2/t21?,22?,23-/m0/s1. The van der Waals surface area contributed by atoms with Crippen LogP contribution in [-0.4, -0.2) is 66.9 Å². The van der Waals surface area contributed by atoms with Gasteiger partial charge in [-0.1, -0.05) is 12.8 Å². The average molecular weight is 410 g/mol. The van der Waals surface area contributed by atoms with E-state index in [2.05, 4.69) is 15.9 Å². The van der Waals surface area contributed by atoms with Gasteiger partial charge in [0.2, 0.25) is 0 Å². The molecule has 2 aliphatic heterocycles. The van der Waals surface area contributed by atoms with Gasteiger partial charge in [0, 0.05) is 39.3 Å². The molecule has 5 heteroatoms. The zero-order chi connectivity index (χ0) is 20.6. The van der Waals surface area contributed by atoms with Crippen LogP contribution in [0.1, 0.15) is 44.1 Å². The van der Waals surface area contributed by atoms with Crippen LogP contribution in [0.4, 0.5) is 0 Å². The van der Waals surface area contributed by atoms with Crippen molar-refractivity contribution < 1.29 is 9.84 Å². The normalized spacial score (nSPS) is 29.6. The number of nitrogens with zero attached hydrogens (tertiary/aromatic N) is 3. The van der Waals surface area contributed by atoms with Gasteiger partial charge in [-0.25, -0.2) is 0 Å². The number of aliphatic hydroxyl groups excluding tert-OH is 1. The van der Waals surface area contributed by atoms with E-state index in [1.807, 2.05) is 0 Å². The largest absolute Gasteiger partial charge is 0.491 e. The molecule has 2 aliphatic carbocycles. The van der Waals surface area contributed by atoms with Crippen molar-refractivity contribution >= 4 is 0 Å². The topological polar surface area (TPSA) is 59.7 Å². The van der Waals surface area contributed by atoms with E-state index in [4.69, 9.17) is 10.00 Å². The molecule has 1 aromatic carbocycles. The Morgan fingerprint density at radius 2 is 1.67 bits per heavy atom. The molecule has 1 spiro atoms. The van der Waals surface area contributed by atoms with Crippen molar-refractivity contribution in [2.45, 2.75) is 44.6 Å². The van der Waals surface area contributed by atoms with Gasteiger partial charge in [-0.05, 0) is 73.1 Å². The smallest absolute Gasteiger partial charge is 0.119 e. The molecular formula is C25H35N3O2. The van der Waals surface area contributed by atoms with Crippen molar-refractivity contribution in [2.75, 3.05) is 45.9 Å². The van der Waals surface area contributed by atoms with Gasteiger partial charge in [-0.15, -0.1) is 0 Å². The lowest BCUT2D eigenvalue weighted by Gasteiger charge is -2.58. The molecule has 4 aliphatic rings. The lowest BCUT2D eigenvalue weighted by Crippen LogP contribution is -2.63. The number of nitriles is 1. The third-order valence-electron chi connectivity index (χ3n) is 8.18. The summed E-state index contributed by atoms with van der Waals surface area (Å²) in [5, 5.41) is 19.5. The molecule has 0 amide bonds. The number of likely N-dealkylation sites (tertiary alicyclic amines) is 2. The molecule has 0 aromatic heterocycles. The van der Waals surface area contributed by atoms with E-state index in [1.54, 1.807) is 24.3 Å². The molecule has 1 aromatic rings. The molecule has 2 saturated carbocycles. The Morgan fingerprint density at radius 3 is 2.27 bits per heavy atom. The summed E-state index contributed by atoms with van der Waals surface area (Å²) >= 11 is 0. The predicted octanol–water partition coefficient (Wildman–Crippen LogP) is 3.13. The summed E-state index contributed by atoms with van der Waals surface area (Å²) in [5.74, 6) is 3.21. The Balaban J connectivity index is 1.16. The zero-order valence-corrected chi connectivity index (χ0v) is 18.0. The fourth-order valence-corrected chi connectivity index (χ4v) is 6.55. The second-order valence-corrected chi connectivity index (χ2v) is 10.3. The molecule has 5 rings (SSSR count). The molecule has 30 heavy (non-hydrogen) atoms. The Kier molecular flexibility index (Phi) is 5.75. The minimum absolute atomic E-state index is 0.302. The van der Waals surface area contributed by atoms with Crippen LogP contribution >= 0.6 is 0 Å². The minimum Gasteiger partial charge on any atom is -0.491 e. The van der Waals surface area contributed by atoms with E-state index in [9.17, 15) is 5.11 Å². The maximum atomic E-state index is 10.6. The number of piperidine rings is 2. The van der Waals surface area contributed by atoms with Crippen molar-refractivity contribution in [3.05, 3.63) is 29.8 Å². The van der Waals surface area contributed by atoms with E-state index in [1.165, 1.54) is 58.2 Å². The number of ether oxygens (including phenoxy) is 1. The molecule has 162 valence electrons. The molecule has 4 fully saturated rings. The fourth-order valence-electron chi connectivity index (χ4n) is 6.55. The highest BCUT2D eigenvalue weighted by molar-refractivity contribution is 5.34. The highest BCUT2D eigenvalue weighted by atomic mass is 16.5. The quantitative estimate of drug-likeness (QED) is 0.750. The second-order valence-electron chi connectivity index (χ2n) is 10.3. The third kappa shape index (κ3) is 4.23. The van der Waals surface area contributed by atoms with Crippen LogP contribution in [0.5, 0.6) is 5.75 Å². The number of rotatable bonds is 7. The van der Waals surface area contributed by atoms with Gasteiger partial charge in [-0.3, -0.25) is 4.90 Å². The number of hydrogen-bond acceptors (Lipinski definition) is 5. The molecule has 3 atom stereocenters. The summed E-state index contributed by atoms with van der Waals surface area (Å²) in [4.78, 5) is 5.29. The Labute approximate surface area is 180 Å². The van der Waals surface area contributed by atoms with Gasteiger partial charge in [0.1, 0.15) is 18.5 Å². The molecule has 2 saturated heterocycles. The van der Waals surface area contributed by atoms with E-state index in [-0.39, 0.29) is 0 Å². The molecule has 5 nitrogen and oxygen atoms in total. The Bertz CT molecular complexity index is 746. The summed E-state index contributed by atoms with van der Waals surface area (Å²) in [6, 6.07) is 9.22. The van der Waals surface area contributed by atoms with Gasteiger partial charge in [0.25, 0.3) is 0 Å². The lowest BCUT2D eigenvalue weighted by atomic mass is 9.60. The van der Waals surface area contributed by atoms with Gasteiger partial charge in [-0.2, -0.15) is 5.26 Å². The summed E-state index contributed by atoms with van der Waals surface area (Å²) in [5.41, 5.74) is 1.21. The van der Waals surface area contributed by atoms with E-state index in [0.717, 1.165) is 30.8 Å². The Hall–Kier alpha value is -1.61.